The van der Waals surface area contributed by atoms with E-state index in [1.807, 2.05) is 25.2 Å². The molecule has 5 heteroatoms. The van der Waals surface area contributed by atoms with Crippen LogP contribution >= 0.6 is 0 Å². The van der Waals surface area contributed by atoms with Crippen LogP contribution in [0.15, 0.2) is 72.5 Å². The van der Waals surface area contributed by atoms with Gasteiger partial charge in [-0.25, -0.2) is 0 Å². The smallest absolute Gasteiger partial charge is 0.322 e. The Labute approximate surface area is 150 Å². The highest BCUT2D eigenvalue weighted by atomic mass is 19.4. The fourth-order valence-electron chi connectivity index (χ4n) is 2.92. The van der Waals surface area contributed by atoms with Gasteiger partial charge in [0.05, 0.1) is 5.56 Å². The maximum atomic E-state index is 13.0. The highest BCUT2D eigenvalue weighted by molar-refractivity contribution is 6.01. The molecular formula is C21H18F3NO. The van der Waals surface area contributed by atoms with E-state index in [1.54, 1.807) is 30.3 Å². The van der Waals surface area contributed by atoms with Crippen LogP contribution in [-0.2, 0) is 6.18 Å². The quantitative estimate of drug-likeness (QED) is 0.763. The van der Waals surface area contributed by atoms with Crippen LogP contribution < -0.4 is 5.32 Å². The fraction of sp³-hybridized carbons (Fsp3) is 0.190. The molecule has 0 bridgehead atoms. The minimum Gasteiger partial charge on any atom is -0.322 e. The van der Waals surface area contributed by atoms with E-state index >= 15 is 0 Å². The Balaban J connectivity index is 1.94. The van der Waals surface area contributed by atoms with Gasteiger partial charge in [-0.3, -0.25) is 4.79 Å². The van der Waals surface area contributed by atoms with Gasteiger partial charge in [-0.05, 0) is 47.7 Å². The first-order valence-electron chi connectivity index (χ1n) is 8.31. The van der Waals surface area contributed by atoms with Gasteiger partial charge in [-0.15, -0.1) is 0 Å². The first-order valence-corrected chi connectivity index (χ1v) is 8.31. The number of rotatable bonds is 3. The number of carbonyl (C=O) groups is 1. The molecule has 0 aromatic heterocycles. The molecule has 1 aliphatic rings. The van der Waals surface area contributed by atoms with Crippen LogP contribution in [0.1, 0.15) is 29.3 Å². The number of hydrogen-bond donors (Lipinski definition) is 1. The van der Waals surface area contributed by atoms with Crippen molar-refractivity contribution < 1.29 is 18.0 Å². The van der Waals surface area contributed by atoms with Gasteiger partial charge < -0.3 is 5.32 Å². The van der Waals surface area contributed by atoms with Gasteiger partial charge in [-0.1, -0.05) is 49.4 Å². The zero-order valence-electron chi connectivity index (χ0n) is 14.2. The van der Waals surface area contributed by atoms with Crippen LogP contribution in [0.3, 0.4) is 0 Å². The summed E-state index contributed by atoms with van der Waals surface area (Å²) in [6.07, 6.45) is 2.27. The number of amides is 1. The average Bonchev–Trinajstić information content (AvgIpc) is 2.61. The van der Waals surface area contributed by atoms with Crippen molar-refractivity contribution in [2.24, 2.45) is 5.92 Å². The number of allylic oxidation sites excluding steroid dienone is 3. The van der Waals surface area contributed by atoms with E-state index in [1.165, 1.54) is 6.07 Å². The van der Waals surface area contributed by atoms with Crippen LogP contribution in [0.5, 0.6) is 0 Å². The zero-order chi connectivity index (χ0) is 18.7. The second-order valence-corrected chi connectivity index (χ2v) is 6.32. The summed E-state index contributed by atoms with van der Waals surface area (Å²) in [6.45, 7) is 2.05. The van der Waals surface area contributed by atoms with Gasteiger partial charge in [-0.2, -0.15) is 13.2 Å². The molecule has 2 aromatic rings. The van der Waals surface area contributed by atoms with Gasteiger partial charge in [0.2, 0.25) is 0 Å². The summed E-state index contributed by atoms with van der Waals surface area (Å²) >= 11 is 0. The van der Waals surface area contributed by atoms with Crippen LogP contribution in [-0.4, -0.2) is 5.91 Å². The molecule has 0 fully saturated rings. The first kappa shape index (κ1) is 18.0. The second kappa shape index (κ2) is 7.20. The summed E-state index contributed by atoms with van der Waals surface area (Å²) in [7, 11) is 0. The monoisotopic (exact) mass is 357 g/mol. The molecule has 1 atom stereocenters. The lowest BCUT2D eigenvalue weighted by Crippen LogP contribution is -2.23. The molecule has 0 aliphatic heterocycles. The van der Waals surface area contributed by atoms with Crippen LogP contribution in [0, 0.1) is 5.92 Å². The zero-order valence-corrected chi connectivity index (χ0v) is 14.2. The van der Waals surface area contributed by atoms with Gasteiger partial charge in [0.15, 0.2) is 0 Å². The molecule has 2 aromatic carbocycles. The van der Waals surface area contributed by atoms with E-state index in [4.69, 9.17) is 0 Å². The largest absolute Gasteiger partial charge is 0.416 e. The highest BCUT2D eigenvalue weighted by Gasteiger charge is 2.30. The fourth-order valence-corrected chi connectivity index (χ4v) is 2.92. The number of halogens is 3. The highest BCUT2D eigenvalue weighted by Crippen LogP contribution is 2.33. The number of benzene rings is 2. The maximum absolute atomic E-state index is 13.0. The summed E-state index contributed by atoms with van der Waals surface area (Å²) in [5.74, 6) is -0.0166. The molecule has 0 heterocycles. The van der Waals surface area contributed by atoms with E-state index in [2.05, 4.69) is 5.32 Å². The third-order valence-electron chi connectivity index (χ3n) is 4.20. The standard InChI is InChI=1S/C21H18F3NO/c1-14-6-4-9-17(12-14)25-20(26)19-11-3-2-10-18(19)15-7-5-8-16(13-15)21(22,23)24/h2-5,7-14H,6H2,1H3,(H,25,26). The molecule has 0 spiro atoms. The van der Waals surface area contributed by atoms with Gasteiger partial charge in [0.1, 0.15) is 0 Å². The Bertz CT molecular complexity index is 881. The van der Waals surface area contributed by atoms with Crippen LogP contribution in [0.4, 0.5) is 13.2 Å². The maximum Gasteiger partial charge on any atom is 0.416 e. The Kier molecular flexibility index (Phi) is 4.98. The van der Waals surface area contributed by atoms with Crippen molar-refractivity contribution in [3.63, 3.8) is 0 Å². The Morgan fingerprint density at radius 3 is 2.62 bits per heavy atom. The molecule has 0 radical (unpaired) electrons. The molecule has 1 unspecified atom stereocenters. The molecule has 0 saturated heterocycles. The molecule has 3 rings (SSSR count). The van der Waals surface area contributed by atoms with Crippen molar-refractivity contribution in [3.05, 3.63) is 83.6 Å². The predicted octanol–water partition coefficient (Wildman–Crippen LogP) is 5.58. The lowest BCUT2D eigenvalue weighted by atomic mass is 9.97. The number of nitrogens with one attached hydrogen (secondary N) is 1. The van der Waals surface area contributed by atoms with Gasteiger partial charge in [0.25, 0.3) is 5.91 Å². The van der Waals surface area contributed by atoms with E-state index in [9.17, 15) is 18.0 Å². The van der Waals surface area contributed by atoms with E-state index in [0.717, 1.165) is 18.6 Å². The van der Waals surface area contributed by atoms with Gasteiger partial charge in [0, 0.05) is 11.3 Å². The topological polar surface area (TPSA) is 29.1 Å². The minimum absolute atomic E-state index is 0.328. The van der Waals surface area contributed by atoms with Crippen molar-refractivity contribution >= 4 is 5.91 Å². The molecule has 1 amide bonds. The SMILES string of the molecule is CC1C=C(NC(=O)c2ccccc2-c2cccc(C(F)(F)F)c2)C=CC1. The molecule has 0 saturated carbocycles. The van der Waals surface area contributed by atoms with E-state index < -0.39 is 11.7 Å². The number of carbonyl (C=O) groups excluding carboxylic acids is 1. The van der Waals surface area contributed by atoms with Crippen molar-refractivity contribution in [3.8, 4) is 11.1 Å². The Morgan fingerprint density at radius 2 is 1.88 bits per heavy atom. The third kappa shape index (κ3) is 4.04. The minimum atomic E-state index is -4.43. The predicted molar refractivity (Wildman–Crippen MR) is 95.4 cm³/mol. The van der Waals surface area contributed by atoms with E-state index in [0.29, 0.717) is 28.3 Å². The van der Waals surface area contributed by atoms with Crippen molar-refractivity contribution in [1.29, 1.82) is 0 Å². The van der Waals surface area contributed by atoms with Gasteiger partial charge >= 0.3 is 6.18 Å². The lowest BCUT2D eigenvalue weighted by molar-refractivity contribution is -0.137. The van der Waals surface area contributed by atoms with E-state index in [-0.39, 0.29) is 5.91 Å². The van der Waals surface area contributed by atoms with Crippen molar-refractivity contribution in [1.82, 2.24) is 5.32 Å². The first-order chi connectivity index (χ1) is 12.3. The lowest BCUT2D eigenvalue weighted by Gasteiger charge is -2.15. The second-order valence-electron chi connectivity index (χ2n) is 6.32. The van der Waals surface area contributed by atoms with Crippen LogP contribution in [0.2, 0.25) is 0 Å². The molecule has 1 N–H and O–H groups in total. The number of alkyl halides is 3. The normalized spacial score (nSPS) is 16.9. The average molecular weight is 357 g/mol. The molecule has 2 nitrogen and oxygen atoms in total. The molecule has 26 heavy (non-hydrogen) atoms. The molecule has 1 aliphatic carbocycles. The summed E-state index contributed by atoms with van der Waals surface area (Å²) < 4.78 is 39.0. The van der Waals surface area contributed by atoms with Crippen LogP contribution in [0.25, 0.3) is 11.1 Å². The number of hydrogen-bond acceptors (Lipinski definition) is 1. The van der Waals surface area contributed by atoms with Crippen molar-refractivity contribution in [2.75, 3.05) is 0 Å². The summed E-state index contributed by atoms with van der Waals surface area (Å²) in [4.78, 5) is 12.7. The molecular weight excluding hydrogens is 339 g/mol. The summed E-state index contributed by atoms with van der Waals surface area (Å²) in [5.41, 5.74) is 1.11. The molecule has 134 valence electrons. The third-order valence-corrected chi connectivity index (χ3v) is 4.20. The van der Waals surface area contributed by atoms with Crippen molar-refractivity contribution in [2.45, 2.75) is 19.5 Å². The summed E-state index contributed by atoms with van der Waals surface area (Å²) in [5, 5.41) is 2.83. The summed E-state index contributed by atoms with van der Waals surface area (Å²) in [6, 6.07) is 11.7. The Hall–Kier alpha value is -2.82. The Morgan fingerprint density at radius 1 is 1.12 bits per heavy atom.